The summed E-state index contributed by atoms with van der Waals surface area (Å²) >= 11 is 1.49. The summed E-state index contributed by atoms with van der Waals surface area (Å²) in [6, 6.07) is 15.2. The highest BCUT2D eigenvalue weighted by molar-refractivity contribution is 7.14. The standard InChI is InChI=1S/C20H20N2O2S/c1-20(2,3)15-9-7-13(8-10-15)17-12-25-19(22-17)21-16-6-4-5-14(11-16)18(23)24/h4-12H,1-3H3,(H,21,22)(H,23,24). The molecule has 0 aliphatic heterocycles. The number of hydrogen-bond donors (Lipinski definition) is 2. The van der Waals surface area contributed by atoms with Crippen LogP contribution in [0.2, 0.25) is 0 Å². The van der Waals surface area contributed by atoms with Crippen molar-refractivity contribution in [2.45, 2.75) is 26.2 Å². The summed E-state index contributed by atoms with van der Waals surface area (Å²) in [5, 5.41) is 15.0. The Morgan fingerprint density at radius 2 is 1.84 bits per heavy atom. The lowest BCUT2D eigenvalue weighted by molar-refractivity contribution is 0.0697. The minimum atomic E-state index is -0.942. The van der Waals surface area contributed by atoms with Crippen LogP contribution >= 0.6 is 11.3 Å². The molecule has 0 spiro atoms. The first-order chi connectivity index (χ1) is 11.8. The van der Waals surface area contributed by atoms with Crippen LogP contribution in [0.25, 0.3) is 11.3 Å². The average molecular weight is 352 g/mol. The third-order valence-electron chi connectivity index (χ3n) is 3.91. The number of benzene rings is 2. The zero-order chi connectivity index (χ0) is 18.0. The molecular weight excluding hydrogens is 332 g/mol. The number of nitrogens with zero attached hydrogens (tertiary/aromatic N) is 1. The fourth-order valence-corrected chi connectivity index (χ4v) is 3.20. The number of carboxylic acids is 1. The highest BCUT2D eigenvalue weighted by atomic mass is 32.1. The Balaban J connectivity index is 1.78. The van der Waals surface area contributed by atoms with Crippen LogP contribution in [0.1, 0.15) is 36.7 Å². The van der Waals surface area contributed by atoms with Crippen LogP contribution in [-0.2, 0) is 5.41 Å². The lowest BCUT2D eigenvalue weighted by Gasteiger charge is -2.18. The largest absolute Gasteiger partial charge is 0.478 e. The number of hydrogen-bond acceptors (Lipinski definition) is 4. The van der Waals surface area contributed by atoms with Gasteiger partial charge in [0.25, 0.3) is 0 Å². The molecule has 25 heavy (non-hydrogen) atoms. The number of carbonyl (C=O) groups is 1. The van der Waals surface area contributed by atoms with Crippen molar-refractivity contribution in [1.82, 2.24) is 4.98 Å². The third-order valence-corrected chi connectivity index (χ3v) is 4.67. The zero-order valence-corrected chi connectivity index (χ0v) is 15.2. The maximum Gasteiger partial charge on any atom is 0.335 e. The highest BCUT2D eigenvalue weighted by Gasteiger charge is 2.14. The maximum atomic E-state index is 11.1. The first-order valence-corrected chi connectivity index (χ1v) is 8.88. The summed E-state index contributed by atoms with van der Waals surface area (Å²) < 4.78 is 0. The van der Waals surface area contributed by atoms with Gasteiger partial charge >= 0.3 is 5.97 Å². The molecule has 2 aromatic carbocycles. The number of aromatic carboxylic acids is 1. The first kappa shape index (κ1) is 17.2. The third kappa shape index (κ3) is 4.06. The van der Waals surface area contributed by atoms with Crippen molar-refractivity contribution in [1.29, 1.82) is 0 Å². The number of carboxylic acid groups (broad SMARTS) is 1. The van der Waals surface area contributed by atoms with Crippen LogP contribution in [0.3, 0.4) is 0 Å². The van der Waals surface area contributed by atoms with Gasteiger partial charge < -0.3 is 10.4 Å². The molecule has 0 aliphatic carbocycles. The van der Waals surface area contributed by atoms with E-state index in [1.54, 1.807) is 18.2 Å². The van der Waals surface area contributed by atoms with E-state index in [4.69, 9.17) is 5.11 Å². The van der Waals surface area contributed by atoms with Gasteiger partial charge in [0.05, 0.1) is 11.3 Å². The topological polar surface area (TPSA) is 62.2 Å². The van der Waals surface area contributed by atoms with E-state index in [-0.39, 0.29) is 11.0 Å². The van der Waals surface area contributed by atoms with Gasteiger partial charge in [0.1, 0.15) is 0 Å². The van der Waals surface area contributed by atoms with Crippen LogP contribution in [0.4, 0.5) is 10.8 Å². The Kier molecular flexibility index (Phi) is 4.59. The lowest BCUT2D eigenvalue weighted by atomic mass is 9.86. The monoisotopic (exact) mass is 352 g/mol. The lowest BCUT2D eigenvalue weighted by Crippen LogP contribution is -2.10. The second-order valence-electron chi connectivity index (χ2n) is 6.88. The van der Waals surface area contributed by atoms with Gasteiger partial charge in [0, 0.05) is 16.6 Å². The smallest absolute Gasteiger partial charge is 0.335 e. The highest BCUT2D eigenvalue weighted by Crippen LogP contribution is 2.29. The van der Waals surface area contributed by atoms with Gasteiger partial charge in [0.15, 0.2) is 5.13 Å². The van der Waals surface area contributed by atoms with Gasteiger partial charge in [0.2, 0.25) is 0 Å². The van der Waals surface area contributed by atoms with Crippen LogP contribution in [0, 0.1) is 0 Å². The molecule has 1 heterocycles. The minimum Gasteiger partial charge on any atom is -0.478 e. The molecule has 0 saturated carbocycles. The molecule has 128 valence electrons. The Bertz CT molecular complexity index is 893. The van der Waals surface area contributed by atoms with Crippen LogP contribution in [0.5, 0.6) is 0 Å². The number of nitrogens with one attached hydrogen (secondary N) is 1. The van der Waals surface area contributed by atoms with E-state index < -0.39 is 5.97 Å². The van der Waals surface area contributed by atoms with Gasteiger partial charge in [-0.1, -0.05) is 51.1 Å². The summed E-state index contributed by atoms with van der Waals surface area (Å²) in [6.45, 7) is 6.58. The second kappa shape index (κ2) is 6.69. The number of rotatable bonds is 4. The molecule has 0 aliphatic rings. The van der Waals surface area contributed by atoms with Crippen molar-refractivity contribution in [3.05, 3.63) is 65.0 Å². The number of thiazole rings is 1. The Hall–Kier alpha value is -2.66. The molecule has 2 N–H and O–H groups in total. The van der Waals surface area contributed by atoms with E-state index in [1.807, 2.05) is 11.4 Å². The molecule has 0 bridgehead atoms. The predicted molar refractivity (Wildman–Crippen MR) is 103 cm³/mol. The average Bonchev–Trinajstić information content (AvgIpc) is 3.03. The number of anilines is 2. The van der Waals surface area contributed by atoms with Crippen molar-refractivity contribution in [2.24, 2.45) is 0 Å². The predicted octanol–water partition coefficient (Wildman–Crippen LogP) is 5.55. The van der Waals surface area contributed by atoms with E-state index >= 15 is 0 Å². The van der Waals surface area contributed by atoms with Crippen LogP contribution in [-0.4, -0.2) is 16.1 Å². The normalized spacial score (nSPS) is 11.3. The van der Waals surface area contributed by atoms with Gasteiger partial charge in [-0.2, -0.15) is 0 Å². The van der Waals surface area contributed by atoms with Crippen LogP contribution < -0.4 is 5.32 Å². The van der Waals surface area contributed by atoms with Crippen LogP contribution in [0.15, 0.2) is 53.9 Å². The minimum absolute atomic E-state index is 0.127. The fourth-order valence-electron chi connectivity index (χ4n) is 2.46. The van der Waals surface area contributed by atoms with Crippen molar-refractivity contribution < 1.29 is 9.90 Å². The molecule has 4 nitrogen and oxygen atoms in total. The van der Waals surface area contributed by atoms with E-state index in [1.165, 1.54) is 16.9 Å². The SMILES string of the molecule is CC(C)(C)c1ccc(-c2csc(Nc3cccc(C(=O)O)c3)n2)cc1. The summed E-state index contributed by atoms with van der Waals surface area (Å²) in [4.78, 5) is 15.7. The van der Waals surface area contributed by atoms with Crippen molar-refractivity contribution in [2.75, 3.05) is 5.32 Å². The molecule has 1 aromatic heterocycles. The maximum absolute atomic E-state index is 11.1. The van der Waals surface area contributed by atoms with Crippen molar-refractivity contribution in [3.8, 4) is 11.3 Å². The molecule has 3 rings (SSSR count). The van der Waals surface area contributed by atoms with E-state index in [9.17, 15) is 4.79 Å². The Morgan fingerprint density at radius 1 is 1.12 bits per heavy atom. The van der Waals surface area contributed by atoms with Crippen molar-refractivity contribution in [3.63, 3.8) is 0 Å². The fraction of sp³-hybridized carbons (Fsp3) is 0.200. The first-order valence-electron chi connectivity index (χ1n) is 8.00. The molecule has 0 atom stereocenters. The van der Waals surface area contributed by atoms with Gasteiger partial charge in [-0.3, -0.25) is 0 Å². The molecule has 0 radical (unpaired) electrons. The van der Waals surface area contributed by atoms with E-state index in [0.29, 0.717) is 5.69 Å². The molecule has 3 aromatic rings. The molecule has 0 unspecified atom stereocenters. The summed E-state index contributed by atoms with van der Waals surface area (Å²) in [5.41, 5.74) is 4.35. The molecule has 5 heteroatoms. The Labute approximate surface area is 151 Å². The molecule has 0 saturated heterocycles. The summed E-state index contributed by atoms with van der Waals surface area (Å²) in [6.07, 6.45) is 0. The Morgan fingerprint density at radius 3 is 2.48 bits per heavy atom. The number of aromatic nitrogens is 1. The van der Waals surface area contributed by atoms with Gasteiger partial charge in [-0.25, -0.2) is 9.78 Å². The molecule has 0 fully saturated rings. The zero-order valence-electron chi connectivity index (χ0n) is 14.4. The second-order valence-corrected chi connectivity index (χ2v) is 7.73. The van der Waals surface area contributed by atoms with Gasteiger partial charge in [-0.15, -0.1) is 11.3 Å². The molecular formula is C20H20N2O2S. The van der Waals surface area contributed by atoms with E-state index in [2.05, 4.69) is 55.3 Å². The quantitative estimate of drug-likeness (QED) is 0.646. The van der Waals surface area contributed by atoms with E-state index in [0.717, 1.165) is 16.4 Å². The van der Waals surface area contributed by atoms with Crippen molar-refractivity contribution >= 4 is 28.1 Å². The molecule has 0 amide bonds. The summed E-state index contributed by atoms with van der Waals surface area (Å²) in [7, 11) is 0. The van der Waals surface area contributed by atoms with Gasteiger partial charge in [-0.05, 0) is 29.2 Å². The summed E-state index contributed by atoms with van der Waals surface area (Å²) in [5.74, 6) is -0.942.